The molecule has 2 N–H and O–H groups in total. The first kappa shape index (κ1) is 17.8. The largest absolute Gasteiger partial charge is 0.361 e. The van der Waals surface area contributed by atoms with Crippen LogP contribution >= 0.6 is 11.3 Å². The van der Waals surface area contributed by atoms with Crippen LogP contribution in [-0.2, 0) is 19.5 Å². The number of nitrogens with zero attached hydrogens (tertiary/aromatic N) is 3. The fraction of sp³-hybridized carbons (Fsp3) is 0.200. The number of H-pyrrole nitrogens is 2. The number of nitrogens with one attached hydrogen (secondary N) is 2. The molecule has 4 heterocycles. The molecule has 146 valence electrons. The van der Waals surface area contributed by atoms with Gasteiger partial charge in [0.1, 0.15) is 0 Å². The van der Waals surface area contributed by atoms with Crippen LogP contribution in [0.15, 0.2) is 46.7 Å². The highest BCUT2D eigenvalue weighted by Crippen LogP contribution is 2.30. The number of rotatable bonds is 4. The predicted molar refractivity (Wildman–Crippen MR) is 111 cm³/mol. The standard InChI is InChI=1S/C20H17N5O3S/c26-20-13-6-7-24(11-15(13)22-19(23-20)17-5-2-8-29-17)10-12-9-21-14-3-1-4-16(18(12)14)25(27)28/h1-5,8-9,21H,6-7,10-11H2,(H,22,23,26). The van der Waals surface area contributed by atoms with Gasteiger partial charge in [0.2, 0.25) is 0 Å². The second-order valence-electron chi connectivity index (χ2n) is 7.05. The monoisotopic (exact) mass is 407 g/mol. The van der Waals surface area contributed by atoms with Gasteiger partial charge in [0.15, 0.2) is 5.82 Å². The molecule has 0 aliphatic carbocycles. The number of aromatic amines is 2. The maximum absolute atomic E-state index is 12.5. The Bertz CT molecular complexity index is 1280. The number of aromatic nitrogens is 3. The van der Waals surface area contributed by atoms with Gasteiger partial charge in [0.05, 0.1) is 26.4 Å². The summed E-state index contributed by atoms with van der Waals surface area (Å²) >= 11 is 1.53. The SMILES string of the molecule is O=c1[nH]c(-c2cccs2)nc2c1CCN(Cc1c[nH]c3cccc([N+](=O)[O-])c13)C2. The van der Waals surface area contributed by atoms with Gasteiger partial charge < -0.3 is 9.97 Å². The summed E-state index contributed by atoms with van der Waals surface area (Å²) in [5.74, 6) is 0.591. The van der Waals surface area contributed by atoms with Crippen LogP contribution in [0.4, 0.5) is 5.69 Å². The van der Waals surface area contributed by atoms with Gasteiger partial charge >= 0.3 is 0 Å². The molecule has 5 rings (SSSR count). The van der Waals surface area contributed by atoms with Crippen LogP contribution in [0.25, 0.3) is 21.6 Å². The van der Waals surface area contributed by atoms with E-state index in [0.29, 0.717) is 37.3 Å². The van der Waals surface area contributed by atoms with E-state index in [1.807, 2.05) is 29.8 Å². The molecule has 29 heavy (non-hydrogen) atoms. The van der Waals surface area contributed by atoms with Crippen LogP contribution in [0.5, 0.6) is 0 Å². The van der Waals surface area contributed by atoms with E-state index in [9.17, 15) is 14.9 Å². The van der Waals surface area contributed by atoms with Crippen molar-refractivity contribution in [1.82, 2.24) is 19.9 Å². The van der Waals surface area contributed by atoms with E-state index in [4.69, 9.17) is 4.98 Å². The number of hydrogen-bond acceptors (Lipinski definition) is 6. The molecule has 0 bridgehead atoms. The van der Waals surface area contributed by atoms with Crippen LogP contribution in [0, 0.1) is 10.1 Å². The lowest BCUT2D eigenvalue weighted by atomic mass is 10.0. The van der Waals surface area contributed by atoms with Crippen LogP contribution in [-0.4, -0.2) is 31.3 Å². The average molecular weight is 407 g/mol. The first-order valence-corrected chi connectivity index (χ1v) is 10.1. The Morgan fingerprint density at radius 2 is 2.17 bits per heavy atom. The number of thiophene rings is 1. The third-order valence-electron chi connectivity index (χ3n) is 5.26. The summed E-state index contributed by atoms with van der Waals surface area (Å²) < 4.78 is 0. The minimum absolute atomic E-state index is 0.0826. The maximum Gasteiger partial charge on any atom is 0.279 e. The van der Waals surface area contributed by atoms with Crippen molar-refractivity contribution < 1.29 is 4.92 Å². The first-order valence-electron chi connectivity index (χ1n) is 9.22. The highest BCUT2D eigenvalue weighted by molar-refractivity contribution is 7.13. The summed E-state index contributed by atoms with van der Waals surface area (Å²) in [6, 6.07) is 8.90. The molecule has 1 aromatic carbocycles. The summed E-state index contributed by atoms with van der Waals surface area (Å²) in [6.45, 7) is 1.78. The molecule has 1 aliphatic rings. The lowest BCUT2D eigenvalue weighted by Crippen LogP contribution is -2.35. The molecular formula is C20H17N5O3S. The van der Waals surface area contributed by atoms with Gasteiger partial charge in [-0.3, -0.25) is 19.8 Å². The molecular weight excluding hydrogens is 390 g/mol. The highest BCUT2D eigenvalue weighted by Gasteiger charge is 2.24. The van der Waals surface area contributed by atoms with E-state index >= 15 is 0 Å². The van der Waals surface area contributed by atoms with Crippen LogP contribution in [0.1, 0.15) is 16.8 Å². The van der Waals surface area contributed by atoms with E-state index < -0.39 is 0 Å². The Kier molecular flexibility index (Phi) is 4.26. The van der Waals surface area contributed by atoms with Gasteiger partial charge in [0.25, 0.3) is 11.2 Å². The summed E-state index contributed by atoms with van der Waals surface area (Å²) in [6.07, 6.45) is 2.43. The molecule has 0 fully saturated rings. The van der Waals surface area contributed by atoms with Crippen molar-refractivity contribution in [3.05, 3.63) is 79.2 Å². The Balaban J connectivity index is 1.47. The van der Waals surface area contributed by atoms with Crippen molar-refractivity contribution in [2.75, 3.05) is 6.54 Å². The second kappa shape index (κ2) is 6.94. The molecule has 0 saturated heterocycles. The number of fused-ring (bicyclic) bond motifs is 2. The van der Waals surface area contributed by atoms with Crippen LogP contribution in [0.3, 0.4) is 0 Å². The van der Waals surface area contributed by atoms with Crippen molar-refractivity contribution in [1.29, 1.82) is 0 Å². The molecule has 0 saturated carbocycles. The zero-order chi connectivity index (χ0) is 20.0. The van der Waals surface area contributed by atoms with Gasteiger partial charge in [-0.1, -0.05) is 12.1 Å². The molecule has 8 nitrogen and oxygen atoms in total. The van der Waals surface area contributed by atoms with Gasteiger partial charge in [-0.05, 0) is 29.5 Å². The van der Waals surface area contributed by atoms with Crippen LogP contribution < -0.4 is 5.56 Å². The molecule has 0 radical (unpaired) electrons. The molecule has 0 amide bonds. The highest BCUT2D eigenvalue weighted by atomic mass is 32.1. The zero-order valence-electron chi connectivity index (χ0n) is 15.3. The van der Waals surface area contributed by atoms with E-state index in [-0.39, 0.29) is 16.2 Å². The number of non-ortho nitro benzene ring substituents is 1. The van der Waals surface area contributed by atoms with Gasteiger partial charge in [-0.15, -0.1) is 11.3 Å². The van der Waals surface area contributed by atoms with Crippen molar-refractivity contribution in [3.63, 3.8) is 0 Å². The first-order chi connectivity index (χ1) is 14.1. The topological polar surface area (TPSA) is 108 Å². The van der Waals surface area contributed by atoms with Gasteiger partial charge in [0, 0.05) is 37.5 Å². The maximum atomic E-state index is 12.5. The lowest BCUT2D eigenvalue weighted by molar-refractivity contribution is -0.383. The van der Waals surface area contributed by atoms with Crippen LogP contribution in [0.2, 0.25) is 0 Å². The summed E-state index contributed by atoms with van der Waals surface area (Å²) in [5.41, 5.74) is 3.15. The summed E-state index contributed by atoms with van der Waals surface area (Å²) in [7, 11) is 0. The van der Waals surface area contributed by atoms with E-state index in [1.54, 1.807) is 6.07 Å². The Labute approximate surface area is 169 Å². The van der Waals surface area contributed by atoms with Crippen molar-refractivity contribution in [2.45, 2.75) is 19.5 Å². The van der Waals surface area contributed by atoms with E-state index in [0.717, 1.165) is 27.2 Å². The van der Waals surface area contributed by atoms with Gasteiger partial charge in [-0.25, -0.2) is 4.98 Å². The third kappa shape index (κ3) is 3.14. The normalized spacial score (nSPS) is 14.2. The zero-order valence-corrected chi connectivity index (χ0v) is 16.2. The summed E-state index contributed by atoms with van der Waals surface area (Å²) in [4.78, 5) is 37.4. The molecule has 0 unspecified atom stereocenters. The Morgan fingerprint density at radius 1 is 1.28 bits per heavy atom. The smallest absolute Gasteiger partial charge is 0.279 e. The molecule has 3 aromatic heterocycles. The van der Waals surface area contributed by atoms with E-state index in [1.165, 1.54) is 17.4 Å². The average Bonchev–Trinajstić information content (AvgIpc) is 3.38. The summed E-state index contributed by atoms with van der Waals surface area (Å²) in [5, 5.41) is 14.0. The van der Waals surface area contributed by atoms with Gasteiger partial charge in [-0.2, -0.15) is 0 Å². The fourth-order valence-corrected chi connectivity index (χ4v) is 4.58. The Hall–Kier alpha value is -3.30. The number of nitro benzene ring substituents is 1. The third-order valence-corrected chi connectivity index (χ3v) is 6.14. The number of benzene rings is 1. The Morgan fingerprint density at radius 3 is 2.97 bits per heavy atom. The fourth-order valence-electron chi connectivity index (χ4n) is 3.91. The van der Waals surface area contributed by atoms with Crippen molar-refractivity contribution in [2.24, 2.45) is 0 Å². The number of nitro groups is 1. The minimum atomic E-state index is -0.348. The van der Waals surface area contributed by atoms with Crippen molar-refractivity contribution in [3.8, 4) is 10.7 Å². The quantitative estimate of drug-likeness (QED) is 0.398. The second-order valence-corrected chi connectivity index (χ2v) is 8.00. The van der Waals surface area contributed by atoms with E-state index in [2.05, 4.69) is 14.9 Å². The molecule has 0 spiro atoms. The molecule has 0 atom stereocenters. The number of hydrogen-bond donors (Lipinski definition) is 2. The molecule has 4 aromatic rings. The van der Waals surface area contributed by atoms with Crippen molar-refractivity contribution >= 4 is 27.9 Å². The lowest BCUT2D eigenvalue weighted by Gasteiger charge is -2.27. The molecule has 9 heteroatoms. The predicted octanol–water partition coefficient (Wildman–Crippen LogP) is 3.45. The molecule has 1 aliphatic heterocycles. The minimum Gasteiger partial charge on any atom is -0.361 e.